The van der Waals surface area contributed by atoms with Crippen LogP contribution in [0.4, 0.5) is 5.69 Å². The second-order valence-electron chi connectivity index (χ2n) is 6.03. The molecule has 0 saturated carbocycles. The molecule has 2 heterocycles. The minimum absolute atomic E-state index is 0.00235. The number of ether oxygens (including phenoxy) is 2. The third-order valence-corrected chi connectivity index (χ3v) is 5.39. The Kier molecular flexibility index (Phi) is 6.60. The van der Waals surface area contributed by atoms with Gasteiger partial charge in [-0.2, -0.15) is 0 Å². The number of amides is 1. The summed E-state index contributed by atoms with van der Waals surface area (Å²) in [7, 11) is -0.253. The summed E-state index contributed by atoms with van der Waals surface area (Å²) >= 11 is 0. The molecule has 0 unspecified atom stereocenters. The second kappa shape index (κ2) is 8.48. The Morgan fingerprint density at radius 2 is 2.04 bits per heavy atom. The maximum absolute atomic E-state index is 11.9. The number of hydrogen-bond acceptors (Lipinski definition) is 6. The van der Waals surface area contributed by atoms with Gasteiger partial charge in [0.15, 0.2) is 0 Å². The lowest BCUT2D eigenvalue weighted by atomic mass is 10.1. The Bertz CT molecular complexity index is 670. The minimum Gasteiger partial charge on any atom is -0.474 e. The molecule has 0 spiro atoms. The SMILES string of the molecule is COCCC(=O)N1CCC(Oc2ccc(N(C)S(C)(=O)=O)cn2)CC1. The van der Waals surface area contributed by atoms with Crippen LogP contribution >= 0.6 is 0 Å². The van der Waals surface area contributed by atoms with Crippen LogP contribution in [0.15, 0.2) is 18.3 Å². The van der Waals surface area contributed by atoms with Gasteiger partial charge in [0, 0.05) is 46.2 Å². The molecule has 0 radical (unpaired) electrons. The van der Waals surface area contributed by atoms with Crippen molar-refractivity contribution in [1.82, 2.24) is 9.88 Å². The lowest BCUT2D eigenvalue weighted by Crippen LogP contribution is -2.42. The Morgan fingerprint density at radius 1 is 1.36 bits per heavy atom. The highest BCUT2D eigenvalue weighted by atomic mass is 32.2. The number of carbonyl (C=O) groups excluding carboxylic acids is 1. The molecule has 0 N–H and O–H groups in total. The van der Waals surface area contributed by atoms with Gasteiger partial charge >= 0.3 is 0 Å². The summed E-state index contributed by atoms with van der Waals surface area (Å²) in [6.07, 6.45) is 4.49. The number of aromatic nitrogens is 1. The summed E-state index contributed by atoms with van der Waals surface area (Å²) in [4.78, 5) is 17.9. The van der Waals surface area contributed by atoms with Crippen molar-refractivity contribution >= 4 is 21.6 Å². The Labute approximate surface area is 148 Å². The van der Waals surface area contributed by atoms with Gasteiger partial charge in [-0.25, -0.2) is 13.4 Å². The Balaban J connectivity index is 1.85. The molecule has 1 saturated heterocycles. The smallest absolute Gasteiger partial charge is 0.232 e. The van der Waals surface area contributed by atoms with Gasteiger partial charge in [-0.3, -0.25) is 9.10 Å². The van der Waals surface area contributed by atoms with Crippen molar-refractivity contribution in [2.45, 2.75) is 25.4 Å². The molecule has 1 amide bonds. The molecular formula is C16H25N3O5S. The quantitative estimate of drug-likeness (QED) is 0.707. The number of piperidine rings is 1. The van der Waals surface area contributed by atoms with Crippen molar-refractivity contribution in [2.75, 3.05) is 44.4 Å². The average molecular weight is 371 g/mol. The largest absolute Gasteiger partial charge is 0.474 e. The predicted octanol–water partition coefficient (Wildman–Crippen LogP) is 0.884. The summed E-state index contributed by atoms with van der Waals surface area (Å²) in [6.45, 7) is 1.75. The third kappa shape index (κ3) is 5.57. The van der Waals surface area contributed by atoms with Crippen LogP contribution in [0.2, 0.25) is 0 Å². The first-order chi connectivity index (χ1) is 11.8. The van der Waals surface area contributed by atoms with E-state index in [-0.39, 0.29) is 12.0 Å². The van der Waals surface area contributed by atoms with Crippen LogP contribution in [0.5, 0.6) is 5.88 Å². The van der Waals surface area contributed by atoms with Gasteiger partial charge in [0.25, 0.3) is 0 Å². The summed E-state index contributed by atoms with van der Waals surface area (Å²) < 4.78 is 35.0. The normalized spacial score (nSPS) is 15.9. The van der Waals surface area contributed by atoms with Crippen molar-refractivity contribution < 1.29 is 22.7 Å². The van der Waals surface area contributed by atoms with Gasteiger partial charge in [-0.1, -0.05) is 0 Å². The van der Waals surface area contributed by atoms with Gasteiger partial charge in [0.1, 0.15) is 6.10 Å². The van der Waals surface area contributed by atoms with E-state index >= 15 is 0 Å². The molecule has 0 aliphatic carbocycles. The van der Waals surface area contributed by atoms with Crippen LogP contribution in [-0.4, -0.2) is 70.4 Å². The van der Waals surface area contributed by atoms with Gasteiger partial charge in [0.05, 0.1) is 31.2 Å². The van der Waals surface area contributed by atoms with Crippen LogP contribution in [0, 0.1) is 0 Å². The fourth-order valence-electron chi connectivity index (χ4n) is 2.56. The van der Waals surface area contributed by atoms with Crippen LogP contribution < -0.4 is 9.04 Å². The highest BCUT2D eigenvalue weighted by molar-refractivity contribution is 7.92. The summed E-state index contributed by atoms with van der Waals surface area (Å²) in [6, 6.07) is 3.32. The zero-order chi connectivity index (χ0) is 18.4. The highest BCUT2D eigenvalue weighted by Crippen LogP contribution is 2.21. The fraction of sp³-hybridized carbons (Fsp3) is 0.625. The van der Waals surface area contributed by atoms with E-state index < -0.39 is 10.0 Å². The molecule has 1 aliphatic rings. The lowest BCUT2D eigenvalue weighted by Gasteiger charge is -2.32. The number of rotatable bonds is 7. The number of sulfonamides is 1. The van der Waals surface area contributed by atoms with E-state index in [9.17, 15) is 13.2 Å². The lowest BCUT2D eigenvalue weighted by molar-refractivity contribution is -0.133. The van der Waals surface area contributed by atoms with Crippen LogP contribution in [0.3, 0.4) is 0 Å². The fourth-order valence-corrected chi connectivity index (χ4v) is 3.05. The first-order valence-corrected chi connectivity index (χ1v) is 9.99. The van der Waals surface area contributed by atoms with E-state index in [1.807, 2.05) is 4.90 Å². The van der Waals surface area contributed by atoms with Gasteiger partial charge in [-0.15, -0.1) is 0 Å². The molecule has 140 valence electrons. The van der Waals surface area contributed by atoms with Crippen molar-refractivity contribution in [3.05, 3.63) is 18.3 Å². The molecule has 0 aromatic carbocycles. The standard InChI is InChI=1S/C16H25N3O5S/c1-18(25(3,21)22)13-4-5-15(17-12-13)24-14-6-9-19(10-7-14)16(20)8-11-23-2/h4-5,12,14H,6-11H2,1-3H3. The van der Waals surface area contributed by atoms with Crippen LogP contribution in [-0.2, 0) is 19.6 Å². The monoisotopic (exact) mass is 371 g/mol. The molecule has 2 rings (SSSR count). The number of pyridine rings is 1. The number of carbonyl (C=O) groups is 1. The van der Waals surface area contributed by atoms with Crippen LogP contribution in [0.25, 0.3) is 0 Å². The number of likely N-dealkylation sites (tertiary alicyclic amines) is 1. The second-order valence-corrected chi connectivity index (χ2v) is 8.04. The average Bonchev–Trinajstić information content (AvgIpc) is 2.59. The highest BCUT2D eigenvalue weighted by Gasteiger charge is 2.24. The molecule has 1 aliphatic heterocycles. The number of methoxy groups -OCH3 is 1. The van der Waals surface area contributed by atoms with E-state index in [0.29, 0.717) is 37.7 Å². The van der Waals surface area contributed by atoms with Crippen molar-refractivity contribution in [3.63, 3.8) is 0 Å². The Hall–Kier alpha value is -1.87. The van der Waals surface area contributed by atoms with E-state index in [0.717, 1.165) is 23.4 Å². The topological polar surface area (TPSA) is 89.0 Å². The zero-order valence-corrected chi connectivity index (χ0v) is 15.7. The maximum Gasteiger partial charge on any atom is 0.232 e. The van der Waals surface area contributed by atoms with E-state index in [1.54, 1.807) is 19.2 Å². The number of nitrogens with zero attached hydrogens (tertiary/aromatic N) is 3. The zero-order valence-electron chi connectivity index (χ0n) is 14.8. The van der Waals surface area contributed by atoms with Gasteiger partial charge in [0.2, 0.25) is 21.8 Å². The molecular weight excluding hydrogens is 346 g/mol. The van der Waals surface area contributed by atoms with E-state index in [2.05, 4.69) is 4.98 Å². The first-order valence-electron chi connectivity index (χ1n) is 8.14. The van der Waals surface area contributed by atoms with Crippen molar-refractivity contribution in [2.24, 2.45) is 0 Å². The molecule has 0 bridgehead atoms. The van der Waals surface area contributed by atoms with Crippen LogP contribution in [0.1, 0.15) is 19.3 Å². The molecule has 25 heavy (non-hydrogen) atoms. The molecule has 8 nitrogen and oxygen atoms in total. The van der Waals surface area contributed by atoms with E-state index in [4.69, 9.17) is 9.47 Å². The molecule has 1 fully saturated rings. The molecule has 1 aromatic rings. The van der Waals surface area contributed by atoms with E-state index in [1.165, 1.54) is 13.2 Å². The summed E-state index contributed by atoms with van der Waals surface area (Å²) in [5, 5.41) is 0. The number of hydrogen-bond donors (Lipinski definition) is 0. The molecule has 9 heteroatoms. The van der Waals surface area contributed by atoms with Gasteiger partial charge < -0.3 is 14.4 Å². The number of anilines is 1. The molecule has 1 aromatic heterocycles. The maximum atomic E-state index is 11.9. The Morgan fingerprint density at radius 3 is 2.56 bits per heavy atom. The third-order valence-electron chi connectivity index (χ3n) is 4.18. The summed E-state index contributed by atoms with van der Waals surface area (Å²) in [5.41, 5.74) is 0.480. The summed E-state index contributed by atoms with van der Waals surface area (Å²) in [5.74, 6) is 0.557. The first kappa shape index (κ1) is 19.5. The van der Waals surface area contributed by atoms with Gasteiger partial charge in [-0.05, 0) is 6.07 Å². The predicted molar refractivity (Wildman–Crippen MR) is 94.2 cm³/mol. The van der Waals surface area contributed by atoms with Crippen molar-refractivity contribution in [3.8, 4) is 5.88 Å². The molecule has 0 atom stereocenters. The minimum atomic E-state index is -3.31. The van der Waals surface area contributed by atoms with Crippen molar-refractivity contribution in [1.29, 1.82) is 0 Å².